The fraction of sp³-hybridized carbons (Fsp3) is 0.385. The molecule has 8 heteroatoms. The average Bonchev–Trinajstić information content (AvgIpc) is 2.95. The van der Waals surface area contributed by atoms with E-state index in [0.29, 0.717) is 18.4 Å². The van der Waals surface area contributed by atoms with Gasteiger partial charge in [-0.2, -0.15) is 0 Å². The molecule has 1 atom stereocenters. The van der Waals surface area contributed by atoms with Crippen LogP contribution in [0.2, 0.25) is 0 Å². The van der Waals surface area contributed by atoms with Crippen LogP contribution in [0.3, 0.4) is 0 Å². The lowest BCUT2D eigenvalue weighted by Gasteiger charge is -2.37. The van der Waals surface area contributed by atoms with E-state index in [1.165, 1.54) is 18.4 Å². The highest BCUT2D eigenvalue weighted by Gasteiger charge is 2.23. The molecule has 0 amide bonds. The van der Waals surface area contributed by atoms with Crippen molar-refractivity contribution in [3.8, 4) is 11.3 Å². The summed E-state index contributed by atoms with van der Waals surface area (Å²) >= 11 is 5.53. The monoisotopic (exact) mass is 473 g/mol. The van der Waals surface area contributed by atoms with Gasteiger partial charge in [0, 0.05) is 48.6 Å². The van der Waals surface area contributed by atoms with Crippen LogP contribution in [0.4, 0.5) is 23.1 Å². The van der Waals surface area contributed by atoms with Gasteiger partial charge >= 0.3 is 0 Å². The van der Waals surface area contributed by atoms with Crippen LogP contribution in [0.15, 0.2) is 36.5 Å². The molecular formula is C26H31N7S. The summed E-state index contributed by atoms with van der Waals surface area (Å²) in [6, 6.07) is 11.1. The van der Waals surface area contributed by atoms with E-state index in [2.05, 4.69) is 76.8 Å². The number of rotatable bonds is 4. The average molecular weight is 474 g/mol. The summed E-state index contributed by atoms with van der Waals surface area (Å²) in [6.45, 7) is 6.16. The SMILES string of the molecule is Cc1ccc2c(c1)NC(=S)Cc1cnc(Nc3ccc(N4CCCC(N(C)C)C4)nc3C)nc1-2. The first-order valence-electron chi connectivity index (χ1n) is 11.8. The van der Waals surface area contributed by atoms with E-state index in [1.54, 1.807) is 0 Å². The first-order valence-corrected chi connectivity index (χ1v) is 12.2. The molecule has 1 saturated heterocycles. The lowest BCUT2D eigenvalue weighted by Crippen LogP contribution is -2.45. The summed E-state index contributed by atoms with van der Waals surface area (Å²) in [5.74, 6) is 1.59. The van der Waals surface area contributed by atoms with Crippen LogP contribution >= 0.6 is 12.2 Å². The largest absolute Gasteiger partial charge is 0.355 e. The molecule has 5 rings (SSSR count). The number of aryl methyl sites for hydroxylation is 2. The molecule has 2 N–H and O–H groups in total. The van der Waals surface area contributed by atoms with Gasteiger partial charge in [0.1, 0.15) is 5.82 Å². The lowest BCUT2D eigenvalue weighted by molar-refractivity contribution is 0.257. The maximum atomic E-state index is 5.53. The van der Waals surface area contributed by atoms with Crippen LogP contribution in [0.25, 0.3) is 11.3 Å². The maximum absolute atomic E-state index is 5.53. The summed E-state index contributed by atoms with van der Waals surface area (Å²) in [7, 11) is 4.31. The third-order valence-electron chi connectivity index (χ3n) is 6.69. The molecule has 34 heavy (non-hydrogen) atoms. The van der Waals surface area contributed by atoms with Crippen molar-refractivity contribution in [3.63, 3.8) is 0 Å². The number of hydrogen-bond acceptors (Lipinski definition) is 7. The van der Waals surface area contributed by atoms with Gasteiger partial charge in [-0.15, -0.1) is 0 Å². The minimum absolute atomic E-state index is 0.557. The minimum atomic E-state index is 0.557. The number of pyridine rings is 1. The van der Waals surface area contributed by atoms with Gasteiger partial charge in [0.2, 0.25) is 5.95 Å². The van der Waals surface area contributed by atoms with Crippen LogP contribution in [-0.4, -0.2) is 58.1 Å². The van der Waals surface area contributed by atoms with Crippen LogP contribution < -0.4 is 15.5 Å². The lowest BCUT2D eigenvalue weighted by atomic mass is 10.0. The number of nitrogens with zero attached hydrogens (tertiary/aromatic N) is 5. The Labute approximate surface area is 206 Å². The van der Waals surface area contributed by atoms with Crippen LogP contribution in [0, 0.1) is 13.8 Å². The Kier molecular flexibility index (Phi) is 6.18. The number of benzene rings is 1. The molecule has 3 aromatic rings. The van der Waals surface area contributed by atoms with E-state index >= 15 is 0 Å². The summed E-state index contributed by atoms with van der Waals surface area (Å²) < 4.78 is 0. The first kappa shape index (κ1) is 22.7. The first-order chi connectivity index (χ1) is 16.4. The molecule has 2 aliphatic heterocycles. The van der Waals surface area contributed by atoms with E-state index in [0.717, 1.165) is 57.8 Å². The van der Waals surface area contributed by atoms with Crippen molar-refractivity contribution < 1.29 is 0 Å². The van der Waals surface area contributed by atoms with E-state index in [9.17, 15) is 0 Å². The molecule has 0 aliphatic carbocycles. The summed E-state index contributed by atoms with van der Waals surface area (Å²) in [4.78, 5) is 19.9. The quantitative estimate of drug-likeness (QED) is 0.528. The van der Waals surface area contributed by atoms with Gasteiger partial charge in [-0.25, -0.2) is 15.0 Å². The van der Waals surface area contributed by atoms with Crippen molar-refractivity contribution in [1.82, 2.24) is 19.9 Å². The van der Waals surface area contributed by atoms with Gasteiger partial charge < -0.3 is 20.4 Å². The number of aromatic nitrogens is 3. The van der Waals surface area contributed by atoms with Crippen LogP contribution in [0.1, 0.15) is 29.7 Å². The zero-order chi connectivity index (χ0) is 23.8. The molecule has 1 aromatic carbocycles. The number of hydrogen-bond donors (Lipinski definition) is 2. The molecule has 2 aliphatic rings. The standard InChI is InChI=1S/C26H31N7S/c1-16-7-8-20-22(12-16)29-24(34)13-18-14-27-26(31-25(18)20)30-21-9-10-23(28-17(21)2)33-11-5-6-19(15-33)32(3)4/h7-10,12,14,19H,5-6,11,13,15H2,1-4H3,(H,29,34)(H,27,30,31). The fourth-order valence-electron chi connectivity index (χ4n) is 4.73. The van der Waals surface area contributed by atoms with Gasteiger partial charge in [0.05, 0.1) is 22.1 Å². The zero-order valence-electron chi connectivity index (χ0n) is 20.2. The topological polar surface area (TPSA) is 69.2 Å². The van der Waals surface area contributed by atoms with Gasteiger partial charge in [0.15, 0.2) is 0 Å². The van der Waals surface area contributed by atoms with Gasteiger partial charge in [-0.05, 0) is 64.5 Å². The molecule has 0 saturated carbocycles. The predicted octanol–water partition coefficient (Wildman–Crippen LogP) is 4.72. The second-order valence-electron chi connectivity index (χ2n) is 9.47. The van der Waals surface area contributed by atoms with Crippen molar-refractivity contribution in [2.75, 3.05) is 42.7 Å². The van der Waals surface area contributed by atoms with Crippen LogP contribution in [-0.2, 0) is 6.42 Å². The maximum Gasteiger partial charge on any atom is 0.227 e. The Hall–Kier alpha value is -3.10. The molecular weight excluding hydrogens is 442 g/mol. The second-order valence-corrected chi connectivity index (χ2v) is 9.97. The number of thiocarbonyl (C=S) groups is 1. The van der Waals surface area contributed by atoms with Crippen molar-refractivity contribution >= 4 is 40.3 Å². The Morgan fingerprint density at radius 3 is 2.79 bits per heavy atom. The third-order valence-corrected chi connectivity index (χ3v) is 6.93. The third kappa shape index (κ3) is 4.60. The molecule has 2 aromatic heterocycles. The molecule has 0 bridgehead atoms. The van der Waals surface area contributed by atoms with Crippen molar-refractivity contribution in [2.24, 2.45) is 0 Å². The van der Waals surface area contributed by atoms with E-state index < -0.39 is 0 Å². The summed E-state index contributed by atoms with van der Waals surface area (Å²) in [5, 5.41) is 6.75. The van der Waals surface area contributed by atoms with E-state index in [4.69, 9.17) is 22.2 Å². The fourth-order valence-corrected chi connectivity index (χ4v) is 4.99. The van der Waals surface area contributed by atoms with Crippen molar-refractivity contribution in [1.29, 1.82) is 0 Å². The van der Waals surface area contributed by atoms with Crippen LogP contribution in [0.5, 0.6) is 0 Å². The van der Waals surface area contributed by atoms with Crippen molar-refractivity contribution in [2.45, 2.75) is 39.2 Å². The zero-order valence-corrected chi connectivity index (χ0v) is 21.0. The summed E-state index contributed by atoms with van der Waals surface area (Å²) in [5.41, 5.74) is 6.99. The normalized spacial score (nSPS) is 17.6. The number of fused-ring (bicyclic) bond motifs is 3. The molecule has 176 valence electrons. The number of likely N-dealkylation sites (N-methyl/N-ethyl adjacent to an activating group) is 1. The Morgan fingerprint density at radius 1 is 1.15 bits per heavy atom. The van der Waals surface area contributed by atoms with Gasteiger partial charge in [0.25, 0.3) is 0 Å². The second kappa shape index (κ2) is 9.27. The Morgan fingerprint density at radius 2 is 2.00 bits per heavy atom. The highest BCUT2D eigenvalue weighted by molar-refractivity contribution is 7.80. The number of anilines is 4. The Bertz CT molecular complexity index is 1240. The highest BCUT2D eigenvalue weighted by atomic mass is 32.1. The predicted molar refractivity (Wildman–Crippen MR) is 143 cm³/mol. The van der Waals surface area contributed by atoms with E-state index in [1.807, 2.05) is 13.1 Å². The van der Waals surface area contributed by atoms with Gasteiger partial charge in [-0.3, -0.25) is 0 Å². The molecule has 1 unspecified atom stereocenters. The van der Waals surface area contributed by atoms with E-state index in [-0.39, 0.29) is 0 Å². The molecule has 0 radical (unpaired) electrons. The molecule has 7 nitrogen and oxygen atoms in total. The molecule has 0 spiro atoms. The smallest absolute Gasteiger partial charge is 0.227 e. The summed E-state index contributed by atoms with van der Waals surface area (Å²) in [6.07, 6.45) is 4.92. The number of nitrogens with one attached hydrogen (secondary N) is 2. The van der Waals surface area contributed by atoms with Crippen molar-refractivity contribution in [3.05, 3.63) is 53.3 Å². The number of piperidine rings is 1. The molecule has 4 heterocycles. The van der Waals surface area contributed by atoms with Gasteiger partial charge in [-0.1, -0.05) is 24.4 Å². The minimum Gasteiger partial charge on any atom is -0.355 e. The Balaban J connectivity index is 1.41. The highest BCUT2D eigenvalue weighted by Crippen LogP contribution is 2.34. The molecule has 1 fully saturated rings.